The molecule has 1 saturated carbocycles. The van der Waals surface area contributed by atoms with Gasteiger partial charge in [-0.3, -0.25) is 0 Å². The van der Waals surface area contributed by atoms with Gasteiger partial charge in [-0.05, 0) is 61.3 Å². The van der Waals surface area contributed by atoms with Crippen LogP contribution in [0.15, 0.2) is 18.2 Å². The van der Waals surface area contributed by atoms with Crippen LogP contribution in [0.1, 0.15) is 45.6 Å². The third kappa shape index (κ3) is 3.47. The number of benzene rings is 1. The standard InChI is InChI=1S/C16H24FN/c1-11-5-13(17)8-14(6-11)18-15-7-12(2)9-16(3,4)10-15/h5-6,8,12,15,18H,7,9-10H2,1-4H3. The van der Waals surface area contributed by atoms with Gasteiger partial charge in [0, 0.05) is 11.7 Å². The Morgan fingerprint density at radius 1 is 1.22 bits per heavy atom. The fourth-order valence-corrected chi connectivity index (χ4v) is 3.51. The minimum Gasteiger partial charge on any atom is -0.382 e. The molecule has 1 aromatic rings. The lowest BCUT2D eigenvalue weighted by Gasteiger charge is -2.39. The molecule has 0 aromatic heterocycles. The Balaban J connectivity index is 2.08. The highest BCUT2D eigenvalue weighted by molar-refractivity contribution is 5.46. The predicted molar refractivity (Wildman–Crippen MR) is 75.3 cm³/mol. The Morgan fingerprint density at radius 3 is 2.56 bits per heavy atom. The third-order valence-corrected chi connectivity index (χ3v) is 3.80. The van der Waals surface area contributed by atoms with Crippen LogP contribution in [0.4, 0.5) is 10.1 Å². The number of rotatable bonds is 2. The van der Waals surface area contributed by atoms with Crippen molar-refractivity contribution < 1.29 is 4.39 Å². The molecule has 0 radical (unpaired) electrons. The largest absolute Gasteiger partial charge is 0.382 e. The van der Waals surface area contributed by atoms with Gasteiger partial charge >= 0.3 is 0 Å². The van der Waals surface area contributed by atoms with Crippen molar-refractivity contribution in [1.29, 1.82) is 0 Å². The molecule has 1 aromatic carbocycles. The Hall–Kier alpha value is -1.05. The van der Waals surface area contributed by atoms with Crippen LogP contribution in [0.3, 0.4) is 0 Å². The smallest absolute Gasteiger partial charge is 0.125 e. The van der Waals surface area contributed by atoms with E-state index in [1.165, 1.54) is 12.8 Å². The van der Waals surface area contributed by atoms with E-state index in [1.54, 1.807) is 12.1 Å². The quantitative estimate of drug-likeness (QED) is 0.796. The summed E-state index contributed by atoms with van der Waals surface area (Å²) in [4.78, 5) is 0. The lowest BCUT2D eigenvalue weighted by Crippen LogP contribution is -2.35. The molecular formula is C16H24FN. The van der Waals surface area contributed by atoms with E-state index in [1.807, 2.05) is 13.0 Å². The molecule has 2 unspecified atom stereocenters. The van der Waals surface area contributed by atoms with Crippen LogP contribution in [-0.2, 0) is 0 Å². The normalized spacial score (nSPS) is 26.9. The van der Waals surface area contributed by atoms with Crippen LogP contribution in [0, 0.1) is 24.1 Å². The zero-order valence-electron chi connectivity index (χ0n) is 11.9. The van der Waals surface area contributed by atoms with Crippen molar-refractivity contribution in [3.05, 3.63) is 29.6 Å². The van der Waals surface area contributed by atoms with Crippen molar-refractivity contribution in [2.45, 2.75) is 53.0 Å². The summed E-state index contributed by atoms with van der Waals surface area (Å²) in [6.45, 7) is 8.90. The first-order chi connectivity index (χ1) is 8.34. The van der Waals surface area contributed by atoms with E-state index in [0.717, 1.165) is 23.6 Å². The second kappa shape index (κ2) is 4.91. The molecule has 1 fully saturated rings. The lowest BCUT2D eigenvalue weighted by atomic mass is 9.70. The minimum absolute atomic E-state index is 0.152. The number of aryl methyl sites for hydroxylation is 1. The minimum atomic E-state index is -0.152. The SMILES string of the molecule is Cc1cc(F)cc(NC2CC(C)CC(C)(C)C2)c1. The van der Waals surface area contributed by atoms with Crippen molar-refractivity contribution in [2.24, 2.45) is 11.3 Å². The van der Waals surface area contributed by atoms with Gasteiger partial charge in [0.2, 0.25) is 0 Å². The zero-order chi connectivity index (χ0) is 13.3. The van der Waals surface area contributed by atoms with Gasteiger partial charge < -0.3 is 5.32 Å². The summed E-state index contributed by atoms with van der Waals surface area (Å²) in [6.07, 6.45) is 3.62. The summed E-state index contributed by atoms with van der Waals surface area (Å²) >= 11 is 0. The molecule has 0 amide bonds. The summed E-state index contributed by atoms with van der Waals surface area (Å²) < 4.78 is 13.4. The maximum Gasteiger partial charge on any atom is 0.125 e. The van der Waals surface area contributed by atoms with E-state index < -0.39 is 0 Å². The summed E-state index contributed by atoms with van der Waals surface area (Å²) in [7, 11) is 0. The third-order valence-electron chi connectivity index (χ3n) is 3.80. The molecular weight excluding hydrogens is 225 g/mol. The van der Waals surface area contributed by atoms with Crippen molar-refractivity contribution in [3.8, 4) is 0 Å². The Kier molecular flexibility index (Phi) is 3.65. The summed E-state index contributed by atoms with van der Waals surface area (Å²) in [6, 6.07) is 5.65. The second-order valence-corrected chi connectivity index (χ2v) is 6.77. The molecule has 0 saturated heterocycles. The van der Waals surface area contributed by atoms with Crippen molar-refractivity contribution in [1.82, 2.24) is 0 Å². The van der Waals surface area contributed by atoms with Crippen LogP contribution < -0.4 is 5.32 Å². The molecule has 2 rings (SSSR count). The fourth-order valence-electron chi connectivity index (χ4n) is 3.51. The first-order valence-electron chi connectivity index (χ1n) is 6.88. The van der Waals surface area contributed by atoms with E-state index in [2.05, 4.69) is 26.1 Å². The highest BCUT2D eigenvalue weighted by Gasteiger charge is 2.31. The van der Waals surface area contributed by atoms with Crippen LogP contribution >= 0.6 is 0 Å². The number of halogens is 1. The van der Waals surface area contributed by atoms with E-state index >= 15 is 0 Å². The molecule has 1 nitrogen and oxygen atoms in total. The number of anilines is 1. The molecule has 0 spiro atoms. The molecule has 1 aliphatic carbocycles. The maximum atomic E-state index is 13.4. The highest BCUT2D eigenvalue weighted by Crippen LogP contribution is 2.39. The van der Waals surface area contributed by atoms with Gasteiger partial charge in [0.25, 0.3) is 0 Å². The van der Waals surface area contributed by atoms with Gasteiger partial charge in [-0.1, -0.05) is 20.8 Å². The first kappa shape index (κ1) is 13.4. The topological polar surface area (TPSA) is 12.0 Å². The molecule has 18 heavy (non-hydrogen) atoms. The van der Waals surface area contributed by atoms with Gasteiger partial charge in [-0.15, -0.1) is 0 Å². The number of hydrogen-bond donors (Lipinski definition) is 1. The van der Waals surface area contributed by atoms with Gasteiger partial charge in [0.1, 0.15) is 5.82 Å². The highest BCUT2D eigenvalue weighted by atomic mass is 19.1. The number of hydrogen-bond acceptors (Lipinski definition) is 1. The second-order valence-electron chi connectivity index (χ2n) is 6.77. The molecule has 1 N–H and O–H groups in total. The lowest BCUT2D eigenvalue weighted by molar-refractivity contribution is 0.178. The Labute approximate surface area is 110 Å². The molecule has 2 atom stereocenters. The first-order valence-corrected chi connectivity index (χ1v) is 6.88. The van der Waals surface area contributed by atoms with Crippen LogP contribution in [-0.4, -0.2) is 6.04 Å². The Morgan fingerprint density at radius 2 is 1.94 bits per heavy atom. The number of nitrogens with one attached hydrogen (secondary N) is 1. The fraction of sp³-hybridized carbons (Fsp3) is 0.625. The Bertz CT molecular complexity index is 405. The summed E-state index contributed by atoms with van der Waals surface area (Å²) in [5, 5.41) is 3.51. The molecule has 1 aliphatic rings. The van der Waals surface area contributed by atoms with E-state index in [4.69, 9.17) is 0 Å². The molecule has 100 valence electrons. The van der Waals surface area contributed by atoms with E-state index in [-0.39, 0.29) is 5.82 Å². The van der Waals surface area contributed by atoms with Crippen molar-refractivity contribution in [3.63, 3.8) is 0 Å². The molecule has 0 aliphatic heterocycles. The van der Waals surface area contributed by atoms with Gasteiger partial charge in [-0.2, -0.15) is 0 Å². The average Bonchev–Trinajstić information content (AvgIpc) is 2.10. The average molecular weight is 249 g/mol. The van der Waals surface area contributed by atoms with Crippen molar-refractivity contribution >= 4 is 5.69 Å². The maximum absolute atomic E-state index is 13.4. The van der Waals surface area contributed by atoms with Crippen LogP contribution in [0.25, 0.3) is 0 Å². The van der Waals surface area contributed by atoms with Crippen LogP contribution in [0.5, 0.6) is 0 Å². The van der Waals surface area contributed by atoms with E-state index in [9.17, 15) is 4.39 Å². The van der Waals surface area contributed by atoms with E-state index in [0.29, 0.717) is 11.5 Å². The summed E-state index contributed by atoms with van der Waals surface area (Å²) in [5.41, 5.74) is 2.28. The van der Waals surface area contributed by atoms with Gasteiger partial charge in [0.15, 0.2) is 0 Å². The monoisotopic (exact) mass is 249 g/mol. The van der Waals surface area contributed by atoms with Gasteiger partial charge in [0.05, 0.1) is 0 Å². The predicted octanol–water partition coefficient (Wildman–Crippen LogP) is 4.76. The molecule has 0 bridgehead atoms. The zero-order valence-corrected chi connectivity index (χ0v) is 11.9. The molecule has 2 heteroatoms. The summed E-state index contributed by atoms with van der Waals surface area (Å²) in [5.74, 6) is 0.585. The van der Waals surface area contributed by atoms with Crippen LogP contribution in [0.2, 0.25) is 0 Å². The molecule has 0 heterocycles. The van der Waals surface area contributed by atoms with Gasteiger partial charge in [-0.25, -0.2) is 4.39 Å². The van der Waals surface area contributed by atoms with Crippen molar-refractivity contribution in [2.75, 3.05) is 5.32 Å².